The van der Waals surface area contributed by atoms with Crippen molar-refractivity contribution in [2.75, 3.05) is 21.9 Å². The predicted molar refractivity (Wildman–Crippen MR) is 95.1 cm³/mol. The zero-order chi connectivity index (χ0) is 18.0. The molecule has 2 aromatic carbocycles. The van der Waals surface area contributed by atoms with E-state index in [0.717, 1.165) is 0 Å². The monoisotopic (exact) mass is 359 g/mol. The van der Waals surface area contributed by atoms with E-state index < -0.39 is 15.9 Å². The Morgan fingerprint density at radius 2 is 1.72 bits per heavy atom. The second-order valence-electron chi connectivity index (χ2n) is 5.69. The molecule has 1 fully saturated rings. The molecule has 0 spiro atoms. The summed E-state index contributed by atoms with van der Waals surface area (Å²) in [5.41, 5.74) is 6.87. The van der Waals surface area contributed by atoms with Gasteiger partial charge >= 0.3 is 0 Å². The van der Waals surface area contributed by atoms with E-state index >= 15 is 0 Å². The van der Waals surface area contributed by atoms with Crippen LogP contribution in [0.15, 0.2) is 48.5 Å². The number of carbonyl (C=O) groups excluding carboxylic acids is 2. The van der Waals surface area contributed by atoms with Crippen molar-refractivity contribution in [3.8, 4) is 0 Å². The van der Waals surface area contributed by atoms with Crippen molar-refractivity contribution in [2.45, 2.75) is 6.42 Å². The van der Waals surface area contributed by atoms with Crippen molar-refractivity contribution < 1.29 is 18.0 Å². The Bertz CT molecular complexity index is 923. The van der Waals surface area contributed by atoms with Crippen molar-refractivity contribution in [3.05, 3.63) is 59.7 Å². The van der Waals surface area contributed by atoms with Gasteiger partial charge in [-0.3, -0.25) is 13.9 Å². The number of amides is 2. The van der Waals surface area contributed by atoms with Crippen LogP contribution in [-0.4, -0.2) is 32.5 Å². The summed E-state index contributed by atoms with van der Waals surface area (Å²) in [7, 11) is -3.27. The van der Waals surface area contributed by atoms with E-state index in [1.54, 1.807) is 24.3 Å². The average Bonchev–Trinajstić information content (AvgIpc) is 2.94. The van der Waals surface area contributed by atoms with Gasteiger partial charge in [0.1, 0.15) is 0 Å². The summed E-state index contributed by atoms with van der Waals surface area (Å²) < 4.78 is 25.4. The molecule has 0 bridgehead atoms. The molecule has 3 N–H and O–H groups in total. The van der Waals surface area contributed by atoms with E-state index in [-0.39, 0.29) is 11.7 Å². The Kier molecular flexibility index (Phi) is 4.45. The molecular formula is C17H17N3O4S. The molecule has 3 rings (SSSR count). The Hall–Kier alpha value is -2.87. The highest BCUT2D eigenvalue weighted by Crippen LogP contribution is 2.26. The van der Waals surface area contributed by atoms with Gasteiger partial charge in [0.2, 0.25) is 15.9 Å². The number of primary amides is 1. The summed E-state index contributed by atoms with van der Waals surface area (Å²) in [5, 5.41) is 2.72. The molecule has 0 radical (unpaired) electrons. The minimum absolute atomic E-state index is 0.135. The SMILES string of the molecule is NC(=O)c1ccc(C(=O)Nc2cccc(N3CCCS3(=O)=O)c2)cc1. The molecule has 0 atom stereocenters. The summed E-state index contributed by atoms with van der Waals surface area (Å²) in [5.74, 6) is -0.792. The number of sulfonamides is 1. The molecule has 2 aromatic rings. The Labute approximate surface area is 145 Å². The van der Waals surface area contributed by atoms with Crippen molar-refractivity contribution in [1.29, 1.82) is 0 Å². The number of benzene rings is 2. The minimum atomic E-state index is -3.27. The second kappa shape index (κ2) is 6.56. The number of hydrogen-bond donors (Lipinski definition) is 2. The Morgan fingerprint density at radius 3 is 2.32 bits per heavy atom. The first-order chi connectivity index (χ1) is 11.9. The highest BCUT2D eigenvalue weighted by atomic mass is 32.2. The molecule has 0 unspecified atom stereocenters. The van der Waals surface area contributed by atoms with Crippen molar-refractivity contribution in [3.63, 3.8) is 0 Å². The van der Waals surface area contributed by atoms with Crippen molar-refractivity contribution in [2.24, 2.45) is 5.73 Å². The van der Waals surface area contributed by atoms with Crippen molar-refractivity contribution >= 4 is 33.2 Å². The number of nitrogens with two attached hydrogens (primary N) is 1. The predicted octanol–water partition coefficient (Wildman–Crippen LogP) is 1.58. The largest absolute Gasteiger partial charge is 0.366 e. The lowest BCUT2D eigenvalue weighted by Crippen LogP contribution is -2.25. The van der Waals surface area contributed by atoms with Crippen molar-refractivity contribution in [1.82, 2.24) is 0 Å². The van der Waals surface area contributed by atoms with Gasteiger partial charge in [0.05, 0.1) is 11.4 Å². The fourth-order valence-corrected chi connectivity index (χ4v) is 4.21. The third-order valence-electron chi connectivity index (χ3n) is 3.92. The maximum absolute atomic E-state index is 12.3. The summed E-state index contributed by atoms with van der Waals surface area (Å²) in [4.78, 5) is 23.4. The van der Waals surface area contributed by atoms with E-state index in [0.29, 0.717) is 35.5 Å². The first-order valence-corrected chi connectivity index (χ1v) is 9.29. The first kappa shape index (κ1) is 17.0. The highest BCUT2D eigenvalue weighted by Gasteiger charge is 2.28. The smallest absolute Gasteiger partial charge is 0.255 e. The minimum Gasteiger partial charge on any atom is -0.366 e. The van der Waals surface area contributed by atoms with E-state index in [1.165, 1.54) is 28.6 Å². The molecule has 1 aliphatic heterocycles. The van der Waals surface area contributed by atoms with Crippen LogP contribution in [-0.2, 0) is 10.0 Å². The number of anilines is 2. The van der Waals surface area contributed by atoms with Crippen LogP contribution in [0.4, 0.5) is 11.4 Å². The summed E-state index contributed by atoms with van der Waals surface area (Å²) in [6.45, 7) is 0.439. The molecule has 8 heteroatoms. The van der Waals surface area contributed by atoms with E-state index in [1.807, 2.05) is 0 Å². The van der Waals surface area contributed by atoms with Gasteiger partial charge in [-0.05, 0) is 48.9 Å². The maximum atomic E-state index is 12.3. The molecule has 2 amide bonds. The highest BCUT2D eigenvalue weighted by molar-refractivity contribution is 7.93. The maximum Gasteiger partial charge on any atom is 0.255 e. The number of carbonyl (C=O) groups is 2. The van der Waals surface area contributed by atoms with Gasteiger partial charge in [-0.15, -0.1) is 0 Å². The normalized spacial score (nSPS) is 15.8. The molecular weight excluding hydrogens is 342 g/mol. The molecule has 0 aromatic heterocycles. The van der Waals surface area contributed by atoms with Crippen LogP contribution in [0.5, 0.6) is 0 Å². The molecule has 1 aliphatic rings. The fourth-order valence-electron chi connectivity index (χ4n) is 2.66. The first-order valence-electron chi connectivity index (χ1n) is 7.68. The Balaban J connectivity index is 1.78. The Morgan fingerprint density at radius 1 is 1.04 bits per heavy atom. The second-order valence-corrected chi connectivity index (χ2v) is 7.70. The standard InChI is InChI=1S/C17H17N3O4S/c18-16(21)12-5-7-13(8-6-12)17(22)19-14-3-1-4-15(11-14)20-9-2-10-25(20,23)24/h1,3-8,11H,2,9-10H2,(H2,18,21)(H,19,22). The van der Waals surface area contributed by atoms with Crippen LogP contribution in [0.1, 0.15) is 27.1 Å². The lowest BCUT2D eigenvalue weighted by Gasteiger charge is -2.17. The number of rotatable bonds is 4. The average molecular weight is 359 g/mol. The van der Waals surface area contributed by atoms with Crippen LogP contribution in [0.2, 0.25) is 0 Å². The van der Waals surface area contributed by atoms with Crippen LogP contribution < -0.4 is 15.4 Å². The number of nitrogens with zero attached hydrogens (tertiary/aromatic N) is 1. The van der Waals surface area contributed by atoms with Crippen LogP contribution in [0, 0.1) is 0 Å². The van der Waals surface area contributed by atoms with E-state index in [2.05, 4.69) is 5.32 Å². The van der Waals surface area contributed by atoms with Gasteiger partial charge in [0, 0.05) is 23.4 Å². The topological polar surface area (TPSA) is 110 Å². The molecule has 0 saturated carbocycles. The van der Waals surface area contributed by atoms with Gasteiger partial charge in [-0.1, -0.05) is 6.07 Å². The zero-order valence-electron chi connectivity index (χ0n) is 13.3. The number of nitrogens with one attached hydrogen (secondary N) is 1. The zero-order valence-corrected chi connectivity index (χ0v) is 14.1. The van der Waals surface area contributed by atoms with Gasteiger partial charge in [0.15, 0.2) is 0 Å². The molecule has 0 aliphatic carbocycles. The van der Waals surface area contributed by atoms with E-state index in [4.69, 9.17) is 5.73 Å². The summed E-state index contributed by atoms with van der Waals surface area (Å²) in [6.07, 6.45) is 0.588. The van der Waals surface area contributed by atoms with Gasteiger partial charge < -0.3 is 11.1 Å². The molecule has 130 valence electrons. The third-order valence-corrected chi connectivity index (χ3v) is 5.79. The van der Waals surface area contributed by atoms with Crippen LogP contribution >= 0.6 is 0 Å². The molecule has 7 nitrogen and oxygen atoms in total. The number of hydrogen-bond acceptors (Lipinski definition) is 4. The molecule has 1 heterocycles. The lowest BCUT2D eigenvalue weighted by molar-refractivity contribution is 0.0995. The summed E-state index contributed by atoms with van der Waals surface area (Å²) in [6, 6.07) is 12.7. The quantitative estimate of drug-likeness (QED) is 0.863. The van der Waals surface area contributed by atoms with Gasteiger partial charge in [-0.2, -0.15) is 0 Å². The third kappa shape index (κ3) is 3.63. The van der Waals surface area contributed by atoms with Crippen LogP contribution in [0.3, 0.4) is 0 Å². The van der Waals surface area contributed by atoms with Gasteiger partial charge in [-0.25, -0.2) is 8.42 Å². The van der Waals surface area contributed by atoms with E-state index in [9.17, 15) is 18.0 Å². The van der Waals surface area contributed by atoms with Gasteiger partial charge in [0.25, 0.3) is 5.91 Å². The fraction of sp³-hybridized carbons (Fsp3) is 0.176. The van der Waals surface area contributed by atoms with Crippen LogP contribution in [0.25, 0.3) is 0 Å². The molecule has 25 heavy (non-hydrogen) atoms. The lowest BCUT2D eigenvalue weighted by atomic mass is 10.1. The molecule has 1 saturated heterocycles. The summed E-state index contributed by atoms with van der Waals surface area (Å²) >= 11 is 0.